The Kier molecular flexibility index (Phi) is 1.43. The van der Waals surface area contributed by atoms with Crippen LogP contribution in [0.15, 0.2) is 24.3 Å². The Morgan fingerprint density at radius 2 is 2.08 bits per heavy atom. The Bertz CT molecular complexity index is 369. The molecule has 0 saturated carbocycles. The molecule has 60 valence electrons. The van der Waals surface area contributed by atoms with E-state index < -0.39 is 0 Å². The molecule has 0 unspecified atom stereocenters. The SMILES string of the molecule is O=C1C=[N+]([O-])Cc2ccccc21. The summed E-state index contributed by atoms with van der Waals surface area (Å²) in [7, 11) is 0. The molecule has 12 heavy (non-hydrogen) atoms. The van der Waals surface area contributed by atoms with Gasteiger partial charge in [0, 0.05) is 11.1 Å². The molecule has 0 radical (unpaired) electrons. The lowest BCUT2D eigenvalue weighted by Gasteiger charge is -2.11. The quantitative estimate of drug-likeness (QED) is 0.420. The second-order valence-corrected chi connectivity index (χ2v) is 2.73. The summed E-state index contributed by atoms with van der Waals surface area (Å²) in [5.74, 6) is -0.202. The third-order valence-corrected chi connectivity index (χ3v) is 1.87. The average Bonchev–Trinajstić information content (AvgIpc) is 2.04. The fraction of sp³-hybridized carbons (Fsp3) is 0.111. The molecule has 1 aliphatic heterocycles. The lowest BCUT2D eigenvalue weighted by Crippen LogP contribution is -2.20. The van der Waals surface area contributed by atoms with Crippen LogP contribution in [0.4, 0.5) is 0 Å². The summed E-state index contributed by atoms with van der Waals surface area (Å²) in [5, 5.41) is 10.9. The van der Waals surface area contributed by atoms with Gasteiger partial charge in [-0.05, 0) is 0 Å². The summed E-state index contributed by atoms with van der Waals surface area (Å²) in [6.07, 6.45) is 1.09. The maximum Gasteiger partial charge on any atom is 0.250 e. The summed E-state index contributed by atoms with van der Waals surface area (Å²) in [5.41, 5.74) is 1.45. The minimum atomic E-state index is -0.202. The van der Waals surface area contributed by atoms with E-state index in [0.717, 1.165) is 11.8 Å². The zero-order chi connectivity index (χ0) is 8.55. The molecule has 1 heterocycles. The standard InChI is InChI=1S/C9H7NO2/c11-9-6-10(12)5-7-3-1-2-4-8(7)9/h1-4,6H,5H2. The molecule has 1 aromatic carbocycles. The van der Waals surface area contributed by atoms with Gasteiger partial charge in [0.1, 0.15) is 0 Å². The van der Waals surface area contributed by atoms with E-state index in [1.54, 1.807) is 18.2 Å². The maximum absolute atomic E-state index is 11.2. The van der Waals surface area contributed by atoms with Crippen molar-refractivity contribution in [1.82, 2.24) is 0 Å². The molecule has 0 bridgehead atoms. The van der Waals surface area contributed by atoms with Crippen molar-refractivity contribution >= 4 is 12.0 Å². The summed E-state index contributed by atoms with van der Waals surface area (Å²) in [6, 6.07) is 7.16. The molecule has 0 spiro atoms. The normalized spacial score (nSPS) is 15.3. The zero-order valence-electron chi connectivity index (χ0n) is 6.36. The van der Waals surface area contributed by atoms with Crippen molar-refractivity contribution in [2.75, 3.05) is 0 Å². The highest BCUT2D eigenvalue weighted by atomic mass is 16.5. The monoisotopic (exact) mass is 161 g/mol. The molecular weight excluding hydrogens is 154 g/mol. The number of Topliss-reactive ketones (excluding diaryl/α,β-unsaturated/α-hetero) is 1. The number of fused-ring (bicyclic) bond motifs is 1. The van der Waals surface area contributed by atoms with Crippen molar-refractivity contribution < 1.29 is 9.53 Å². The van der Waals surface area contributed by atoms with E-state index in [1.807, 2.05) is 6.07 Å². The number of hydroxylamine groups is 1. The molecule has 0 fully saturated rings. The van der Waals surface area contributed by atoms with E-state index >= 15 is 0 Å². The molecule has 0 N–H and O–H groups in total. The van der Waals surface area contributed by atoms with Crippen LogP contribution in [-0.2, 0) is 6.54 Å². The third kappa shape index (κ3) is 0.993. The molecule has 1 aliphatic rings. The van der Waals surface area contributed by atoms with Crippen LogP contribution in [0.2, 0.25) is 0 Å². The van der Waals surface area contributed by atoms with Crippen LogP contribution in [0.5, 0.6) is 0 Å². The number of ketones is 1. The first-order chi connectivity index (χ1) is 5.77. The van der Waals surface area contributed by atoms with Gasteiger partial charge in [0.15, 0.2) is 6.54 Å². The van der Waals surface area contributed by atoms with Gasteiger partial charge in [-0.25, -0.2) is 4.74 Å². The van der Waals surface area contributed by atoms with Crippen molar-refractivity contribution in [2.24, 2.45) is 0 Å². The number of nitrogens with zero attached hydrogens (tertiary/aromatic N) is 1. The van der Waals surface area contributed by atoms with E-state index in [-0.39, 0.29) is 12.3 Å². The molecule has 0 amide bonds. The molecule has 0 aliphatic carbocycles. The van der Waals surface area contributed by atoms with Crippen molar-refractivity contribution in [3.05, 3.63) is 40.6 Å². The third-order valence-electron chi connectivity index (χ3n) is 1.87. The molecule has 3 nitrogen and oxygen atoms in total. The largest absolute Gasteiger partial charge is 0.623 e. The van der Waals surface area contributed by atoms with Gasteiger partial charge in [-0.2, -0.15) is 0 Å². The Morgan fingerprint density at radius 1 is 1.33 bits per heavy atom. The summed E-state index contributed by atoms with van der Waals surface area (Å²) in [6.45, 7) is 0.280. The van der Waals surface area contributed by atoms with Crippen molar-refractivity contribution in [1.29, 1.82) is 0 Å². The van der Waals surface area contributed by atoms with Crippen LogP contribution in [0.3, 0.4) is 0 Å². The Morgan fingerprint density at radius 3 is 2.92 bits per heavy atom. The van der Waals surface area contributed by atoms with Crippen LogP contribution in [0, 0.1) is 5.21 Å². The highest BCUT2D eigenvalue weighted by molar-refractivity contribution is 6.34. The van der Waals surface area contributed by atoms with Crippen LogP contribution in [0.1, 0.15) is 15.9 Å². The molecule has 2 rings (SSSR count). The van der Waals surface area contributed by atoms with E-state index in [1.165, 1.54) is 0 Å². The van der Waals surface area contributed by atoms with Crippen LogP contribution >= 0.6 is 0 Å². The second-order valence-electron chi connectivity index (χ2n) is 2.73. The predicted molar refractivity (Wildman–Crippen MR) is 44.2 cm³/mol. The van der Waals surface area contributed by atoms with Gasteiger partial charge in [0.05, 0.1) is 0 Å². The molecule has 1 aromatic rings. The summed E-state index contributed by atoms with van der Waals surface area (Å²) >= 11 is 0. The molecule has 3 heteroatoms. The van der Waals surface area contributed by atoms with Gasteiger partial charge < -0.3 is 5.21 Å². The van der Waals surface area contributed by atoms with Gasteiger partial charge in [0.2, 0.25) is 12.0 Å². The fourth-order valence-electron chi connectivity index (χ4n) is 1.31. The number of carbonyl (C=O) groups is 1. The number of hydrogen-bond acceptors (Lipinski definition) is 2. The maximum atomic E-state index is 11.2. The first-order valence-corrected chi connectivity index (χ1v) is 3.68. The van der Waals surface area contributed by atoms with E-state index in [2.05, 4.69) is 0 Å². The zero-order valence-corrected chi connectivity index (χ0v) is 6.36. The Hall–Kier alpha value is -1.64. The second kappa shape index (κ2) is 2.44. The number of benzene rings is 1. The Labute approximate surface area is 69.5 Å². The number of carbonyl (C=O) groups excluding carboxylic acids is 1. The minimum Gasteiger partial charge on any atom is -0.623 e. The van der Waals surface area contributed by atoms with Crippen LogP contribution < -0.4 is 0 Å². The van der Waals surface area contributed by atoms with Gasteiger partial charge in [-0.1, -0.05) is 24.3 Å². The van der Waals surface area contributed by atoms with Gasteiger partial charge in [-0.15, -0.1) is 0 Å². The molecule has 0 atom stereocenters. The minimum absolute atomic E-state index is 0.202. The van der Waals surface area contributed by atoms with Crippen LogP contribution in [0.25, 0.3) is 0 Å². The molecule has 0 saturated heterocycles. The smallest absolute Gasteiger partial charge is 0.250 e. The van der Waals surface area contributed by atoms with Crippen molar-refractivity contribution in [3.63, 3.8) is 0 Å². The van der Waals surface area contributed by atoms with Crippen molar-refractivity contribution in [2.45, 2.75) is 6.54 Å². The first kappa shape index (κ1) is 7.03. The summed E-state index contributed by atoms with van der Waals surface area (Å²) in [4.78, 5) is 11.2. The highest BCUT2D eigenvalue weighted by Gasteiger charge is 2.18. The van der Waals surface area contributed by atoms with Gasteiger partial charge >= 0.3 is 0 Å². The lowest BCUT2D eigenvalue weighted by atomic mass is 10.0. The predicted octanol–water partition coefficient (Wildman–Crippen LogP) is 0.964. The van der Waals surface area contributed by atoms with E-state index in [9.17, 15) is 10.0 Å². The van der Waals surface area contributed by atoms with Gasteiger partial charge in [-0.3, -0.25) is 4.79 Å². The number of rotatable bonds is 0. The summed E-state index contributed by atoms with van der Waals surface area (Å²) < 4.78 is 0.657. The molecule has 0 aromatic heterocycles. The topological polar surface area (TPSA) is 43.1 Å². The fourth-order valence-corrected chi connectivity index (χ4v) is 1.31. The first-order valence-electron chi connectivity index (χ1n) is 3.68. The molecular formula is C9H7NO2. The average molecular weight is 161 g/mol. The lowest BCUT2D eigenvalue weighted by molar-refractivity contribution is -0.469. The van der Waals surface area contributed by atoms with Gasteiger partial charge in [0.25, 0.3) is 0 Å². The van der Waals surface area contributed by atoms with E-state index in [4.69, 9.17) is 0 Å². The highest BCUT2D eigenvalue weighted by Crippen LogP contribution is 2.12. The van der Waals surface area contributed by atoms with Crippen molar-refractivity contribution in [3.8, 4) is 0 Å². The van der Waals surface area contributed by atoms with Crippen LogP contribution in [-0.4, -0.2) is 16.7 Å². The number of hydrogen-bond donors (Lipinski definition) is 0. The van der Waals surface area contributed by atoms with E-state index in [0.29, 0.717) is 10.3 Å². The Balaban J connectivity index is 2.56.